The molecule has 0 radical (unpaired) electrons. The van der Waals surface area contributed by atoms with E-state index >= 15 is 0 Å². The summed E-state index contributed by atoms with van der Waals surface area (Å²) in [6.07, 6.45) is 1.96. The molecule has 27 heavy (non-hydrogen) atoms. The molecule has 2 aromatic carbocycles. The average Bonchev–Trinajstić information content (AvgIpc) is 3.13. The molecule has 0 unspecified atom stereocenters. The third-order valence-corrected chi connectivity index (χ3v) is 6.05. The van der Waals surface area contributed by atoms with Crippen LogP contribution in [0, 0.1) is 13.8 Å². The Morgan fingerprint density at radius 1 is 1.19 bits per heavy atom. The Balaban J connectivity index is 1.78. The summed E-state index contributed by atoms with van der Waals surface area (Å²) in [4.78, 5) is 12.5. The highest BCUT2D eigenvalue weighted by atomic mass is 32.2. The zero-order chi connectivity index (χ0) is 19.4. The fourth-order valence-electron chi connectivity index (χ4n) is 3.06. The maximum atomic E-state index is 12.8. The highest BCUT2D eigenvalue weighted by molar-refractivity contribution is 7.92. The van der Waals surface area contributed by atoms with Gasteiger partial charge in [-0.25, -0.2) is 8.42 Å². The Hall–Kier alpha value is -2.38. The van der Waals surface area contributed by atoms with E-state index in [2.05, 4.69) is 10.0 Å². The van der Waals surface area contributed by atoms with E-state index < -0.39 is 10.0 Å². The molecular formula is C20H24N2O4S. The van der Waals surface area contributed by atoms with Gasteiger partial charge in [0.1, 0.15) is 0 Å². The summed E-state index contributed by atoms with van der Waals surface area (Å²) in [5.41, 5.74) is 2.32. The quantitative estimate of drug-likeness (QED) is 0.797. The van der Waals surface area contributed by atoms with E-state index in [0.717, 1.165) is 25.0 Å². The topological polar surface area (TPSA) is 84.5 Å². The van der Waals surface area contributed by atoms with Crippen molar-refractivity contribution in [2.24, 2.45) is 0 Å². The van der Waals surface area contributed by atoms with Crippen molar-refractivity contribution < 1.29 is 17.9 Å². The van der Waals surface area contributed by atoms with Gasteiger partial charge in [0, 0.05) is 24.4 Å². The second kappa shape index (κ2) is 8.10. The first-order valence-corrected chi connectivity index (χ1v) is 10.4. The molecule has 3 rings (SSSR count). The summed E-state index contributed by atoms with van der Waals surface area (Å²) in [5.74, 6) is -0.308. The Morgan fingerprint density at radius 3 is 2.70 bits per heavy atom. The van der Waals surface area contributed by atoms with Gasteiger partial charge in [-0.15, -0.1) is 0 Å². The van der Waals surface area contributed by atoms with Crippen molar-refractivity contribution in [2.45, 2.75) is 37.7 Å². The zero-order valence-electron chi connectivity index (χ0n) is 15.5. The third kappa shape index (κ3) is 4.87. The minimum Gasteiger partial charge on any atom is -0.376 e. The molecule has 1 heterocycles. The molecule has 1 aliphatic heterocycles. The lowest BCUT2D eigenvalue weighted by Crippen LogP contribution is -2.31. The van der Waals surface area contributed by atoms with Crippen LogP contribution in [0.15, 0.2) is 47.4 Å². The van der Waals surface area contributed by atoms with Gasteiger partial charge in [0.05, 0.1) is 11.0 Å². The molecule has 144 valence electrons. The number of hydrogen-bond acceptors (Lipinski definition) is 4. The highest BCUT2D eigenvalue weighted by Crippen LogP contribution is 2.21. The van der Waals surface area contributed by atoms with Gasteiger partial charge in [-0.2, -0.15) is 0 Å². The minimum absolute atomic E-state index is 0.0330. The second-order valence-corrected chi connectivity index (χ2v) is 8.45. The smallest absolute Gasteiger partial charge is 0.262 e. The lowest BCUT2D eigenvalue weighted by Gasteiger charge is -2.14. The van der Waals surface area contributed by atoms with Gasteiger partial charge in [-0.05, 0) is 62.1 Å². The SMILES string of the molecule is Cc1cccc(NS(=O)(=O)c2cc(C(=O)NC[C@H]3CCCO3)ccc2C)c1. The maximum absolute atomic E-state index is 12.8. The second-order valence-electron chi connectivity index (χ2n) is 6.80. The van der Waals surface area contributed by atoms with Crippen molar-refractivity contribution in [1.82, 2.24) is 5.32 Å². The fourth-order valence-corrected chi connectivity index (χ4v) is 4.38. The monoisotopic (exact) mass is 388 g/mol. The summed E-state index contributed by atoms with van der Waals surface area (Å²) in [6.45, 7) is 4.75. The van der Waals surface area contributed by atoms with Gasteiger partial charge >= 0.3 is 0 Å². The summed E-state index contributed by atoms with van der Waals surface area (Å²) in [6, 6.07) is 11.8. The molecule has 0 spiro atoms. The van der Waals surface area contributed by atoms with E-state index in [1.54, 1.807) is 37.3 Å². The number of carbonyl (C=O) groups excluding carboxylic acids is 1. The molecule has 0 bridgehead atoms. The van der Waals surface area contributed by atoms with Gasteiger partial charge in [-0.3, -0.25) is 9.52 Å². The predicted molar refractivity (Wildman–Crippen MR) is 104 cm³/mol. The molecule has 0 aromatic heterocycles. The van der Waals surface area contributed by atoms with Crippen LogP contribution in [0.4, 0.5) is 5.69 Å². The van der Waals surface area contributed by atoms with Crippen molar-refractivity contribution in [2.75, 3.05) is 17.9 Å². The molecule has 1 aliphatic rings. The van der Waals surface area contributed by atoms with Crippen LogP contribution >= 0.6 is 0 Å². The number of sulfonamides is 1. The third-order valence-electron chi connectivity index (χ3n) is 4.52. The number of aryl methyl sites for hydroxylation is 2. The first kappa shape index (κ1) is 19.4. The fraction of sp³-hybridized carbons (Fsp3) is 0.350. The number of nitrogens with one attached hydrogen (secondary N) is 2. The Labute approximate surface area is 160 Å². The number of amides is 1. The van der Waals surface area contributed by atoms with Crippen molar-refractivity contribution in [3.63, 3.8) is 0 Å². The lowest BCUT2D eigenvalue weighted by atomic mass is 10.1. The van der Waals surface area contributed by atoms with Crippen molar-refractivity contribution in [1.29, 1.82) is 0 Å². The number of ether oxygens (including phenoxy) is 1. The largest absolute Gasteiger partial charge is 0.376 e. The van der Waals surface area contributed by atoms with E-state index in [9.17, 15) is 13.2 Å². The molecule has 1 fully saturated rings. The number of carbonyl (C=O) groups is 1. The molecule has 1 amide bonds. The molecule has 2 aromatic rings. The Morgan fingerprint density at radius 2 is 2.00 bits per heavy atom. The number of hydrogen-bond donors (Lipinski definition) is 2. The van der Waals surface area contributed by atoms with Gasteiger partial charge in [0.2, 0.25) is 0 Å². The van der Waals surface area contributed by atoms with Crippen molar-refractivity contribution in [3.05, 3.63) is 59.2 Å². The molecular weight excluding hydrogens is 364 g/mol. The van der Waals surface area contributed by atoms with Crippen LogP contribution in [-0.4, -0.2) is 33.6 Å². The zero-order valence-corrected chi connectivity index (χ0v) is 16.3. The first-order chi connectivity index (χ1) is 12.8. The van der Waals surface area contributed by atoms with Gasteiger partial charge < -0.3 is 10.1 Å². The highest BCUT2D eigenvalue weighted by Gasteiger charge is 2.21. The predicted octanol–water partition coefficient (Wildman–Crippen LogP) is 3.01. The number of anilines is 1. The summed E-state index contributed by atoms with van der Waals surface area (Å²) >= 11 is 0. The van der Waals surface area contributed by atoms with Crippen LogP contribution in [-0.2, 0) is 14.8 Å². The van der Waals surface area contributed by atoms with E-state index in [-0.39, 0.29) is 16.9 Å². The molecule has 6 nitrogen and oxygen atoms in total. The summed E-state index contributed by atoms with van der Waals surface area (Å²) in [7, 11) is -3.80. The van der Waals surface area contributed by atoms with Crippen molar-refractivity contribution >= 4 is 21.6 Å². The maximum Gasteiger partial charge on any atom is 0.262 e. The Bertz CT molecular complexity index is 935. The van der Waals surface area contributed by atoms with Crippen LogP contribution < -0.4 is 10.0 Å². The normalized spacial score (nSPS) is 16.9. The molecule has 7 heteroatoms. The molecule has 2 N–H and O–H groups in total. The van der Waals surface area contributed by atoms with E-state index in [0.29, 0.717) is 23.4 Å². The van der Waals surface area contributed by atoms with Crippen molar-refractivity contribution in [3.8, 4) is 0 Å². The lowest BCUT2D eigenvalue weighted by molar-refractivity contribution is 0.0857. The van der Waals surface area contributed by atoms with Crippen LogP contribution in [0.3, 0.4) is 0 Å². The molecule has 0 saturated carbocycles. The first-order valence-electron chi connectivity index (χ1n) is 8.95. The molecule has 0 aliphatic carbocycles. The van der Waals surface area contributed by atoms with E-state index in [1.165, 1.54) is 6.07 Å². The van der Waals surface area contributed by atoms with Crippen LogP contribution in [0.2, 0.25) is 0 Å². The number of rotatable bonds is 6. The Kier molecular flexibility index (Phi) is 5.82. The van der Waals surface area contributed by atoms with Gasteiger partial charge in [0.25, 0.3) is 15.9 Å². The molecule has 1 atom stereocenters. The van der Waals surface area contributed by atoms with Gasteiger partial charge in [-0.1, -0.05) is 18.2 Å². The van der Waals surface area contributed by atoms with Gasteiger partial charge in [0.15, 0.2) is 0 Å². The molecule has 1 saturated heterocycles. The average molecular weight is 388 g/mol. The van der Waals surface area contributed by atoms with Crippen LogP contribution in [0.5, 0.6) is 0 Å². The summed E-state index contributed by atoms with van der Waals surface area (Å²) < 4.78 is 33.7. The van der Waals surface area contributed by atoms with Crippen LogP contribution in [0.25, 0.3) is 0 Å². The minimum atomic E-state index is -3.80. The summed E-state index contributed by atoms with van der Waals surface area (Å²) in [5, 5.41) is 2.82. The van der Waals surface area contributed by atoms with E-state index in [4.69, 9.17) is 4.74 Å². The standard InChI is InChI=1S/C20H24N2O4S/c1-14-5-3-6-17(11-14)22-27(24,25)19-12-16(9-8-15(19)2)20(23)21-13-18-7-4-10-26-18/h3,5-6,8-9,11-12,18,22H,4,7,10,13H2,1-2H3,(H,21,23)/t18-/m1/s1. The van der Waals surface area contributed by atoms with E-state index in [1.807, 2.05) is 13.0 Å². The van der Waals surface area contributed by atoms with Crippen LogP contribution in [0.1, 0.15) is 34.3 Å². The number of benzene rings is 2.